The summed E-state index contributed by atoms with van der Waals surface area (Å²) in [5, 5.41) is 7.91. The Morgan fingerprint density at radius 1 is 1.17 bits per heavy atom. The zero-order valence-electron chi connectivity index (χ0n) is 15.3. The van der Waals surface area contributed by atoms with E-state index in [-0.39, 0.29) is 11.8 Å². The molecule has 134 valence electrons. The zero-order chi connectivity index (χ0) is 17.1. The standard InChI is InChI=1S/C19H31N3O2/c1-13(16-9-11-24-12-10-16)19(23)20-18-14(2)21-22(15(18)3)17-7-5-4-6-8-17/h13,16-17H,4-12H2,1-3H3,(H,20,23)/t13-/m1/s1. The van der Waals surface area contributed by atoms with Gasteiger partial charge in [-0.3, -0.25) is 9.48 Å². The lowest BCUT2D eigenvalue weighted by atomic mass is 9.86. The second kappa shape index (κ2) is 7.68. The lowest BCUT2D eigenvalue weighted by molar-refractivity contribution is -0.122. The molecule has 0 bridgehead atoms. The van der Waals surface area contributed by atoms with Gasteiger partial charge < -0.3 is 10.1 Å². The number of amides is 1. The molecule has 1 aliphatic heterocycles. The van der Waals surface area contributed by atoms with Crippen molar-refractivity contribution in [2.45, 2.75) is 71.8 Å². The molecule has 1 aromatic heterocycles. The summed E-state index contributed by atoms with van der Waals surface area (Å²) in [6.07, 6.45) is 8.27. The van der Waals surface area contributed by atoms with Gasteiger partial charge in [-0.1, -0.05) is 26.2 Å². The number of carbonyl (C=O) groups excluding carboxylic acids is 1. The molecule has 0 unspecified atom stereocenters. The van der Waals surface area contributed by atoms with Crippen LogP contribution in [0.1, 0.15) is 69.3 Å². The van der Waals surface area contributed by atoms with E-state index in [1.165, 1.54) is 32.1 Å². The van der Waals surface area contributed by atoms with Gasteiger partial charge in [-0.15, -0.1) is 0 Å². The summed E-state index contributed by atoms with van der Waals surface area (Å²) >= 11 is 0. The molecule has 5 heteroatoms. The van der Waals surface area contributed by atoms with Crippen molar-refractivity contribution in [1.82, 2.24) is 9.78 Å². The number of hydrogen-bond acceptors (Lipinski definition) is 3. The van der Waals surface area contributed by atoms with Gasteiger partial charge in [0.15, 0.2) is 0 Å². The van der Waals surface area contributed by atoms with Crippen molar-refractivity contribution in [1.29, 1.82) is 0 Å². The van der Waals surface area contributed by atoms with Crippen LogP contribution in [-0.4, -0.2) is 28.9 Å². The lowest BCUT2D eigenvalue weighted by Crippen LogP contribution is -2.31. The first kappa shape index (κ1) is 17.5. The maximum atomic E-state index is 12.7. The summed E-state index contributed by atoms with van der Waals surface area (Å²) in [7, 11) is 0. The van der Waals surface area contributed by atoms with Crippen LogP contribution < -0.4 is 5.32 Å². The van der Waals surface area contributed by atoms with E-state index in [0.717, 1.165) is 43.1 Å². The van der Waals surface area contributed by atoms with E-state index in [1.807, 2.05) is 13.8 Å². The number of nitrogens with one attached hydrogen (secondary N) is 1. The summed E-state index contributed by atoms with van der Waals surface area (Å²) in [5.74, 6) is 0.565. The average Bonchev–Trinajstić information content (AvgIpc) is 2.90. The van der Waals surface area contributed by atoms with Gasteiger partial charge >= 0.3 is 0 Å². The molecule has 2 aliphatic rings. The van der Waals surface area contributed by atoms with Crippen LogP contribution in [0.2, 0.25) is 0 Å². The first-order chi connectivity index (χ1) is 11.6. The average molecular weight is 333 g/mol. The molecule has 1 aliphatic carbocycles. The number of aryl methyl sites for hydroxylation is 1. The molecule has 0 spiro atoms. The molecule has 0 radical (unpaired) electrons. The number of anilines is 1. The highest BCUT2D eigenvalue weighted by molar-refractivity contribution is 5.93. The molecule has 2 heterocycles. The fraction of sp³-hybridized carbons (Fsp3) is 0.789. The quantitative estimate of drug-likeness (QED) is 0.906. The molecule has 3 rings (SSSR count). The normalized spacial score (nSPS) is 21.6. The summed E-state index contributed by atoms with van der Waals surface area (Å²) in [6, 6.07) is 0.496. The molecule has 1 saturated carbocycles. The van der Waals surface area contributed by atoms with Crippen molar-refractivity contribution in [3.05, 3.63) is 11.4 Å². The molecular weight excluding hydrogens is 302 g/mol. The maximum Gasteiger partial charge on any atom is 0.227 e. The SMILES string of the molecule is Cc1nn(C2CCCCC2)c(C)c1NC(=O)[C@H](C)C1CCOCC1. The largest absolute Gasteiger partial charge is 0.381 e. The summed E-state index contributed by atoms with van der Waals surface area (Å²) in [5.41, 5.74) is 2.96. The maximum absolute atomic E-state index is 12.7. The van der Waals surface area contributed by atoms with Crippen molar-refractivity contribution >= 4 is 11.6 Å². The van der Waals surface area contributed by atoms with Crippen molar-refractivity contribution in [2.75, 3.05) is 18.5 Å². The first-order valence-electron chi connectivity index (χ1n) is 9.52. The van der Waals surface area contributed by atoms with Gasteiger partial charge in [0.2, 0.25) is 5.91 Å². The second-order valence-corrected chi connectivity index (χ2v) is 7.51. The van der Waals surface area contributed by atoms with Crippen molar-refractivity contribution in [3.8, 4) is 0 Å². The molecule has 1 saturated heterocycles. The van der Waals surface area contributed by atoms with Gasteiger partial charge in [0.1, 0.15) is 0 Å². The Morgan fingerprint density at radius 2 is 1.83 bits per heavy atom. The predicted molar refractivity (Wildman–Crippen MR) is 95.2 cm³/mol. The number of aromatic nitrogens is 2. The van der Waals surface area contributed by atoms with E-state index in [2.05, 4.69) is 16.9 Å². The smallest absolute Gasteiger partial charge is 0.227 e. The minimum Gasteiger partial charge on any atom is -0.381 e. The molecule has 2 fully saturated rings. The van der Waals surface area contributed by atoms with Gasteiger partial charge in [-0.25, -0.2) is 0 Å². The Hall–Kier alpha value is -1.36. The highest BCUT2D eigenvalue weighted by atomic mass is 16.5. The second-order valence-electron chi connectivity index (χ2n) is 7.51. The van der Waals surface area contributed by atoms with E-state index >= 15 is 0 Å². The molecule has 24 heavy (non-hydrogen) atoms. The molecule has 5 nitrogen and oxygen atoms in total. The lowest BCUT2D eigenvalue weighted by Gasteiger charge is -2.27. The van der Waals surface area contributed by atoms with Crippen LogP contribution in [0, 0.1) is 25.7 Å². The third-order valence-corrected chi connectivity index (χ3v) is 5.88. The van der Waals surface area contributed by atoms with Crippen LogP contribution in [0.15, 0.2) is 0 Å². The highest BCUT2D eigenvalue weighted by Crippen LogP contribution is 2.32. The van der Waals surface area contributed by atoms with E-state index in [1.54, 1.807) is 0 Å². The number of carbonyl (C=O) groups is 1. The zero-order valence-corrected chi connectivity index (χ0v) is 15.3. The minimum atomic E-state index is 0.0192. The van der Waals surface area contributed by atoms with Gasteiger partial charge in [0.25, 0.3) is 0 Å². The topological polar surface area (TPSA) is 56.2 Å². The highest BCUT2D eigenvalue weighted by Gasteiger charge is 2.28. The van der Waals surface area contributed by atoms with Gasteiger partial charge in [0, 0.05) is 19.1 Å². The Bertz CT molecular complexity index is 569. The summed E-state index contributed by atoms with van der Waals surface area (Å²) < 4.78 is 7.57. The summed E-state index contributed by atoms with van der Waals surface area (Å²) in [4.78, 5) is 12.7. The Morgan fingerprint density at radius 3 is 2.50 bits per heavy atom. The summed E-state index contributed by atoms with van der Waals surface area (Å²) in [6.45, 7) is 7.69. The fourth-order valence-corrected chi connectivity index (χ4v) is 4.19. The number of nitrogens with zero attached hydrogens (tertiary/aromatic N) is 2. The Balaban J connectivity index is 1.70. The van der Waals surface area contributed by atoms with Crippen LogP contribution >= 0.6 is 0 Å². The third kappa shape index (κ3) is 3.66. The Kier molecular flexibility index (Phi) is 5.59. The molecule has 0 aromatic carbocycles. The number of hydrogen-bond donors (Lipinski definition) is 1. The van der Waals surface area contributed by atoms with Crippen LogP contribution in [-0.2, 0) is 9.53 Å². The van der Waals surface area contributed by atoms with Crippen LogP contribution in [0.4, 0.5) is 5.69 Å². The van der Waals surface area contributed by atoms with Gasteiger partial charge in [0.05, 0.1) is 23.1 Å². The van der Waals surface area contributed by atoms with Gasteiger partial charge in [-0.05, 0) is 45.4 Å². The molecular formula is C19H31N3O2. The predicted octanol–water partition coefficient (Wildman–Crippen LogP) is 4.01. The fourth-order valence-electron chi connectivity index (χ4n) is 4.19. The van der Waals surface area contributed by atoms with Crippen LogP contribution in [0.25, 0.3) is 0 Å². The van der Waals surface area contributed by atoms with Crippen LogP contribution in [0.5, 0.6) is 0 Å². The van der Waals surface area contributed by atoms with E-state index in [0.29, 0.717) is 12.0 Å². The van der Waals surface area contributed by atoms with E-state index in [9.17, 15) is 4.79 Å². The number of ether oxygens (including phenoxy) is 1. The third-order valence-electron chi connectivity index (χ3n) is 5.88. The Labute approximate surface area is 145 Å². The molecule has 1 aromatic rings. The van der Waals surface area contributed by atoms with Crippen LogP contribution in [0.3, 0.4) is 0 Å². The van der Waals surface area contributed by atoms with E-state index < -0.39 is 0 Å². The van der Waals surface area contributed by atoms with Crippen molar-refractivity contribution in [2.24, 2.45) is 11.8 Å². The minimum absolute atomic E-state index is 0.0192. The molecule has 1 atom stereocenters. The number of rotatable bonds is 4. The first-order valence-corrected chi connectivity index (χ1v) is 9.52. The molecule has 1 N–H and O–H groups in total. The van der Waals surface area contributed by atoms with Crippen molar-refractivity contribution < 1.29 is 9.53 Å². The van der Waals surface area contributed by atoms with Crippen molar-refractivity contribution in [3.63, 3.8) is 0 Å². The van der Waals surface area contributed by atoms with Gasteiger partial charge in [-0.2, -0.15) is 5.10 Å². The molecule has 1 amide bonds. The monoisotopic (exact) mass is 333 g/mol. The van der Waals surface area contributed by atoms with E-state index in [4.69, 9.17) is 9.84 Å².